The average molecular weight is 493 g/mol. The van der Waals surface area contributed by atoms with E-state index in [1.165, 1.54) is 33.0 Å². The molecule has 35 heavy (non-hydrogen) atoms. The Bertz CT molecular complexity index is 1270. The SMILES string of the molecule is CN=C(C=C(N)C(C)(C)F)c1ccc(N(Cc2ccc(Cl)cc2)C(=O)c2ccccc2)cc1N=O. The minimum absolute atomic E-state index is 0.0392. The van der Waals surface area contributed by atoms with E-state index in [0.29, 0.717) is 27.5 Å². The zero-order valence-corrected chi connectivity index (χ0v) is 20.5. The maximum Gasteiger partial charge on any atom is 0.258 e. The first-order chi connectivity index (χ1) is 16.6. The molecular weight excluding hydrogens is 467 g/mol. The summed E-state index contributed by atoms with van der Waals surface area (Å²) in [4.78, 5) is 30.9. The lowest BCUT2D eigenvalue weighted by Gasteiger charge is -2.24. The van der Waals surface area contributed by atoms with Gasteiger partial charge < -0.3 is 10.6 Å². The maximum atomic E-state index is 14.2. The largest absolute Gasteiger partial charge is 0.399 e. The highest BCUT2D eigenvalue weighted by atomic mass is 35.5. The fourth-order valence-electron chi connectivity index (χ4n) is 3.35. The number of halogens is 2. The molecule has 0 spiro atoms. The van der Waals surface area contributed by atoms with Gasteiger partial charge in [0, 0.05) is 34.6 Å². The van der Waals surface area contributed by atoms with E-state index in [4.69, 9.17) is 17.3 Å². The molecule has 0 heterocycles. The number of nitroso groups, excluding NO2 is 1. The first-order valence-corrected chi connectivity index (χ1v) is 11.2. The molecule has 0 aliphatic heterocycles. The Morgan fingerprint density at radius 1 is 1.09 bits per heavy atom. The third-order valence-electron chi connectivity index (χ3n) is 5.41. The normalized spacial score (nSPS) is 12.4. The van der Waals surface area contributed by atoms with Crippen molar-refractivity contribution in [3.05, 3.63) is 111 Å². The van der Waals surface area contributed by atoms with Gasteiger partial charge in [-0.3, -0.25) is 9.79 Å². The summed E-state index contributed by atoms with van der Waals surface area (Å²) < 4.78 is 14.2. The Labute approximate surface area is 208 Å². The minimum atomic E-state index is -1.76. The Morgan fingerprint density at radius 3 is 2.31 bits per heavy atom. The number of hydrogen-bond acceptors (Lipinski definition) is 5. The van der Waals surface area contributed by atoms with Gasteiger partial charge in [0.25, 0.3) is 5.91 Å². The van der Waals surface area contributed by atoms with Gasteiger partial charge in [0.2, 0.25) is 0 Å². The van der Waals surface area contributed by atoms with E-state index in [9.17, 15) is 14.1 Å². The van der Waals surface area contributed by atoms with E-state index >= 15 is 0 Å². The van der Waals surface area contributed by atoms with Crippen LogP contribution in [-0.4, -0.2) is 24.3 Å². The van der Waals surface area contributed by atoms with Crippen molar-refractivity contribution in [1.82, 2.24) is 0 Å². The van der Waals surface area contributed by atoms with Crippen molar-refractivity contribution in [2.45, 2.75) is 26.1 Å². The third kappa shape index (κ3) is 6.39. The van der Waals surface area contributed by atoms with Crippen LogP contribution in [-0.2, 0) is 6.54 Å². The van der Waals surface area contributed by atoms with Crippen LogP contribution < -0.4 is 10.6 Å². The number of carbonyl (C=O) groups is 1. The van der Waals surface area contributed by atoms with E-state index in [0.717, 1.165) is 5.56 Å². The number of nitrogens with two attached hydrogens (primary N) is 1. The summed E-state index contributed by atoms with van der Waals surface area (Å²) in [6, 6.07) is 20.8. The molecule has 0 atom stereocenters. The smallest absolute Gasteiger partial charge is 0.258 e. The predicted molar refractivity (Wildman–Crippen MR) is 140 cm³/mol. The molecule has 0 saturated carbocycles. The second-order valence-corrected chi connectivity index (χ2v) is 8.79. The van der Waals surface area contributed by atoms with E-state index in [2.05, 4.69) is 10.2 Å². The van der Waals surface area contributed by atoms with Gasteiger partial charge >= 0.3 is 0 Å². The van der Waals surface area contributed by atoms with Gasteiger partial charge in [-0.1, -0.05) is 41.9 Å². The summed E-state index contributed by atoms with van der Waals surface area (Å²) >= 11 is 6.01. The highest BCUT2D eigenvalue weighted by Crippen LogP contribution is 2.30. The van der Waals surface area contributed by atoms with E-state index in [1.807, 2.05) is 18.2 Å². The van der Waals surface area contributed by atoms with Crippen LogP contribution in [0.5, 0.6) is 0 Å². The number of aliphatic imine (C=N–C) groups is 1. The van der Waals surface area contributed by atoms with E-state index in [-0.39, 0.29) is 23.8 Å². The monoisotopic (exact) mass is 492 g/mol. The Kier molecular flexibility index (Phi) is 8.14. The van der Waals surface area contributed by atoms with Crippen LogP contribution in [0.3, 0.4) is 0 Å². The fourth-order valence-corrected chi connectivity index (χ4v) is 3.48. The second kappa shape index (κ2) is 11.1. The fraction of sp³-hybridized carbons (Fsp3) is 0.185. The predicted octanol–water partition coefficient (Wildman–Crippen LogP) is 6.59. The third-order valence-corrected chi connectivity index (χ3v) is 5.66. The lowest BCUT2D eigenvalue weighted by atomic mass is 10.0. The lowest BCUT2D eigenvalue weighted by Crippen LogP contribution is -2.30. The van der Waals surface area contributed by atoms with E-state index in [1.54, 1.807) is 53.4 Å². The number of hydrogen-bond donors (Lipinski definition) is 1. The molecule has 180 valence electrons. The molecular formula is C27H26ClFN4O2. The van der Waals surface area contributed by atoms with Gasteiger partial charge in [-0.15, -0.1) is 4.91 Å². The van der Waals surface area contributed by atoms with Crippen molar-refractivity contribution >= 4 is 34.6 Å². The molecule has 0 aromatic heterocycles. The number of allylic oxidation sites excluding steroid dienone is 2. The van der Waals surface area contributed by atoms with Crippen molar-refractivity contribution in [2.75, 3.05) is 11.9 Å². The van der Waals surface area contributed by atoms with Gasteiger partial charge in [-0.25, -0.2) is 4.39 Å². The van der Waals surface area contributed by atoms with Gasteiger partial charge in [0.15, 0.2) is 0 Å². The summed E-state index contributed by atoms with van der Waals surface area (Å²) in [6.45, 7) is 2.90. The van der Waals surface area contributed by atoms with Crippen molar-refractivity contribution in [2.24, 2.45) is 15.9 Å². The molecule has 3 aromatic carbocycles. The molecule has 1 amide bonds. The number of anilines is 1. The summed E-state index contributed by atoms with van der Waals surface area (Å²) in [5.74, 6) is -0.252. The molecule has 0 aliphatic rings. The molecule has 2 N–H and O–H groups in total. The van der Waals surface area contributed by atoms with Crippen molar-refractivity contribution in [3.8, 4) is 0 Å². The molecule has 0 bridgehead atoms. The number of nitrogens with zero attached hydrogens (tertiary/aromatic N) is 3. The van der Waals surface area contributed by atoms with Crippen molar-refractivity contribution in [3.63, 3.8) is 0 Å². The average Bonchev–Trinajstić information content (AvgIpc) is 2.86. The number of carbonyl (C=O) groups excluding carboxylic acids is 1. The summed E-state index contributed by atoms with van der Waals surface area (Å²) in [5, 5.41) is 3.74. The lowest BCUT2D eigenvalue weighted by molar-refractivity contribution is 0.0985. The zero-order valence-electron chi connectivity index (χ0n) is 19.7. The molecule has 0 radical (unpaired) electrons. The molecule has 3 rings (SSSR count). The molecule has 8 heteroatoms. The quantitative estimate of drug-likeness (QED) is 0.284. The number of amides is 1. The van der Waals surface area contributed by atoms with Crippen molar-refractivity contribution < 1.29 is 9.18 Å². The first kappa shape index (κ1) is 25.8. The van der Waals surface area contributed by atoms with E-state index < -0.39 is 5.67 Å². The van der Waals surface area contributed by atoms with Crippen LogP contribution in [0.15, 0.2) is 94.7 Å². The minimum Gasteiger partial charge on any atom is -0.399 e. The molecule has 6 nitrogen and oxygen atoms in total. The Balaban J connectivity index is 2.07. The summed E-state index contributed by atoms with van der Waals surface area (Å²) in [6.07, 6.45) is 1.38. The summed E-state index contributed by atoms with van der Waals surface area (Å²) in [7, 11) is 1.51. The number of rotatable bonds is 8. The topological polar surface area (TPSA) is 88.1 Å². The molecule has 3 aromatic rings. The highest BCUT2D eigenvalue weighted by Gasteiger charge is 2.23. The Morgan fingerprint density at radius 2 is 1.74 bits per heavy atom. The van der Waals surface area contributed by atoms with Crippen LogP contribution in [0, 0.1) is 4.91 Å². The standard InChI is InChI=1S/C27H26ClFN4O2/c1-27(2,29)25(30)16-23(31-3)22-14-13-21(15-24(22)32-35)33(17-18-9-11-20(28)12-10-18)26(34)19-7-5-4-6-8-19/h4-16H,17,30H2,1-3H3. The van der Waals surface area contributed by atoms with Gasteiger partial charge in [-0.05, 0) is 73.1 Å². The van der Waals surface area contributed by atoms with Gasteiger partial charge in [0.05, 0.1) is 12.3 Å². The van der Waals surface area contributed by atoms with Crippen LogP contribution >= 0.6 is 11.6 Å². The van der Waals surface area contributed by atoms with Crippen LogP contribution in [0.4, 0.5) is 15.8 Å². The Hall–Kier alpha value is -3.84. The second-order valence-electron chi connectivity index (χ2n) is 8.36. The zero-order chi connectivity index (χ0) is 25.6. The van der Waals surface area contributed by atoms with Gasteiger partial charge in [0.1, 0.15) is 11.4 Å². The first-order valence-electron chi connectivity index (χ1n) is 10.9. The number of alkyl halides is 1. The molecule has 0 unspecified atom stereocenters. The molecule has 0 fully saturated rings. The number of benzene rings is 3. The van der Waals surface area contributed by atoms with Gasteiger partial charge in [-0.2, -0.15) is 0 Å². The van der Waals surface area contributed by atoms with Crippen LogP contribution in [0.25, 0.3) is 0 Å². The highest BCUT2D eigenvalue weighted by molar-refractivity contribution is 6.30. The summed E-state index contributed by atoms with van der Waals surface area (Å²) in [5.41, 5.74) is 6.59. The molecule has 0 saturated heterocycles. The van der Waals surface area contributed by atoms with Crippen LogP contribution in [0.1, 0.15) is 35.3 Å². The maximum absolute atomic E-state index is 14.2. The molecule has 0 aliphatic carbocycles. The van der Waals surface area contributed by atoms with Crippen molar-refractivity contribution in [1.29, 1.82) is 0 Å². The van der Waals surface area contributed by atoms with Crippen LogP contribution in [0.2, 0.25) is 5.02 Å².